The van der Waals surface area contributed by atoms with Crippen molar-refractivity contribution in [3.8, 4) is 16.3 Å². The number of methoxy groups -OCH3 is 1. The van der Waals surface area contributed by atoms with Crippen molar-refractivity contribution in [2.24, 2.45) is 0 Å². The minimum atomic E-state index is -0.512. The molecule has 0 N–H and O–H groups in total. The molecule has 1 aromatic heterocycles. The standard InChI is InChI=1S/C12H10N2O4S/c1-7(15)9-6-19-12(13-9)8-3-4-11(18-2)10(5-8)14(16)17/h3-6H,1-2H3. The van der Waals surface area contributed by atoms with Crippen molar-refractivity contribution >= 4 is 22.8 Å². The van der Waals surface area contributed by atoms with Gasteiger partial charge < -0.3 is 4.74 Å². The van der Waals surface area contributed by atoms with Gasteiger partial charge in [0.25, 0.3) is 0 Å². The molecule has 2 rings (SSSR count). The molecule has 0 aliphatic heterocycles. The third kappa shape index (κ3) is 2.60. The highest BCUT2D eigenvalue weighted by molar-refractivity contribution is 7.13. The second kappa shape index (κ2) is 5.15. The molecular formula is C12H10N2O4S. The summed E-state index contributed by atoms with van der Waals surface area (Å²) in [5.74, 6) is 0.0580. The number of benzene rings is 1. The topological polar surface area (TPSA) is 82.3 Å². The SMILES string of the molecule is COc1ccc(-c2nc(C(C)=O)cs2)cc1[N+](=O)[O-]. The van der Waals surface area contributed by atoms with Crippen molar-refractivity contribution in [2.75, 3.05) is 7.11 Å². The zero-order valence-electron chi connectivity index (χ0n) is 10.2. The van der Waals surface area contributed by atoms with Crippen LogP contribution in [0.15, 0.2) is 23.6 Å². The normalized spacial score (nSPS) is 10.2. The summed E-state index contributed by atoms with van der Waals surface area (Å²) >= 11 is 1.27. The summed E-state index contributed by atoms with van der Waals surface area (Å²) < 4.78 is 4.93. The van der Waals surface area contributed by atoms with Gasteiger partial charge >= 0.3 is 5.69 Å². The quantitative estimate of drug-likeness (QED) is 0.488. The van der Waals surface area contributed by atoms with Crippen molar-refractivity contribution in [1.29, 1.82) is 0 Å². The maximum atomic E-state index is 11.2. The Morgan fingerprint density at radius 2 is 2.21 bits per heavy atom. The summed E-state index contributed by atoms with van der Waals surface area (Å²) in [6.45, 7) is 1.43. The highest BCUT2D eigenvalue weighted by Crippen LogP contribution is 2.33. The number of nitrogens with zero attached hydrogens (tertiary/aromatic N) is 2. The molecule has 7 heteroatoms. The molecule has 0 aliphatic rings. The summed E-state index contributed by atoms with van der Waals surface area (Å²) in [6.07, 6.45) is 0. The predicted octanol–water partition coefficient (Wildman–Crippen LogP) is 2.93. The van der Waals surface area contributed by atoms with Crippen LogP contribution in [0, 0.1) is 10.1 Å². The first-order valence-corrected chi connectivity index (χ1v) is 6.20. The minimum Gasteiger partial charge on any atom is -0.490 e. The fourth-order valence-electron chi connectivity index (χ4n) is 1.53. The average Bonchev–Trinajstić information content (AvgIpc) is 2.87. The van der Waals surface area contributed by atoms with Crippen molar-refractivity contribution in [2.45, 2.75) is 6.92 Å². The summed E-state index contributed by atoms with van der Waals surface area (Å²) in [6, 6.07) is 4.58. The molecule has 0 saturated carbocycles. The van der Waals surface area contributed by atoms with Gasteiger partial charge in [-0.2, -0.15) is 0 Å². The number of Topliss-reactive ketones (excluding diaryl/α,β-unsaturated/α-hetero) is 1. The molecule has 0 radical (unpaired) electrons. The summed E-state index contributed by atoms with van der Waals surface area (Å²) in [5.41, 5.74) is 0.822. The smallest absolute Gasteiger partial charge is 0.311 e. The van der Waals surface area contributed by atoms with E-state index in [1.54, 1.807) is 11.4 Å². The van der Waals surface area contributed by atoms with Crippen LogP contribution in [0.4, 0.5) is 5.69 Å². The lowest BCUT2D eigenvalue weighted by Gasteiger charge is -2.02. The molecule has 1 aromatic carbocycles. The van der Waals surface area contributed by atoms with Crippen LogP contribution in [-0.4, -0.2) is 22.8 Å². The Morgan fingerprint density at radius 1 is 1.47 bits per heavy atom. The van der Waals surface area contributed by atoms with Gasteiger partial charge in [-0.25, -0.2) is 4.98 Å². The number of carbonyl (C=O) groups is 1. The summed E-state index contributed by atoms with van der Waals surface area (Å²) in [4.78, 5) is 25.7. The van der Waals surface area contributed by atoms with Crippen molar-refractivity contribution in [1.82, 2.24) is 4.98 Å². The van der Waals surface area contributed by atoms with E-state index in [0.717, 1.165) is 0 Å². The molecular weight excluding hydrogens is 268 g/mol. The van der Waals surface area contributed by atoms with Gasteiger partial charge in [-0.1, -0.05) is 0 Å². The molecule has 0 bridgehead atoms. The van der Waals surface area contributed by atoms with Crippen LogP contribution in [0.1, 0.15) is 17.4 Å². The zero-order chi connectivity index (χ0) is 14.0. The van der Waals surface area contributed by atoms with Gasteiger partial charge in [0.05, 0.1) is 12.0 Å². The second-order valence-electron chi connectivity index (χ2n) is 3.74. The summed E-state index contributed by atoms with van der Waals surface area (Å²) in [7, 11) is 1.37. The van der Waals surface area contributed by atoms with Crippen LogP contribution in [0.2, 0.25) is 0 Å². The number of hydrogen-bond donors (Lipinski definition) is 0. The first kappa shape index (κ1) is 13.2. The number of hydrogen-bond acceptors (Lipinski definition) is 6. The Balaban J connectivity index is 2.47. The molecule has 0 unspecified atom stereocenters. The monoisotopic (exact) mass is 278 g/mol. The molecule has 19 heavy (non-hydrogen) atoms. The van der Waals surface area contributed by atoms with E-state index in [2.05, 4.69) is 4.98 Å². The number of thiazole rings is 1. The number of nitro groups is 1. The van der Waals surface area contributed by atoms with Gasteiger partial charge in [-0.3, -0.25) is 14.9 Å². The molecule has 98 valence electrons. The lowest BCUT2D eigenvalue weighted by molar-refractivity contribution is -0.385. The zero-order valence-corrected chi connectivity index (χ0v) is 11.1. The van der Waals surface area contributed by atoms with Crippen LogP contribution in [0.25, 0.3) is 10.6 Å². The number of nitro benzene ring substituents is 1. The van der Waals surface area contributed by atoms with Gasteiger partial charge in [0.15, 0.2) is 11.5 Å². The van der Waals surface area contributed by atoms with Crippen LogP contribution >= 0.6 is 11.3 Å². The first-order chi connectivity index (χ1) is 9.02. The molecule has 0 atom stereocenters. The maximum absolute atomic E-state index is 11.2. The number of carbonyl (C=O) groups excluding carboxylic acids is 1. The van der Waals surface area contributed by atoms with Crippen molar-refractivity contribution in [3.05, 3.63) is 39.4 Å². The van der Waals surface area contributed by atoms with Gasteiger partial charge in [-0.05, 0) is 12.1 Å². The third-order valence-corrected chi connectivity index (χ3v) is 3.38. The maximum Gasteiger partial charge on any atom is 0.311 e. The molecule has 6 nitrogen and oxygen atoms in total. The molecule has 0 fully saturated rings. The predicted molar refractivity (Wildman–Crippen MR) is 70.8 cm³/mol. The Kier molecular flexibility index (Phi) is 3.57. The van der Waals surface area contributed by atoms with Crippen LogP contribution in [0.3, 0.4) is 0 Å². The van der Waals surface area contributed by atoms with Crippen LogP contribution < -0.4 is 4.74 Å². The molecule has 0 aliphatic carbocycles. The van der Waals surface area contributed by atoms with E-state index in [0.29, 0.717) is 16.3 Å². The largest absolute Gasteiger partial charge is 0.490 e. The van der Waals surface area contributed by atoms with Gasteiger partial charge in [0.2, 0.25) is 0 Å². The second-order valence-corrected chi connectivity index (χ2v) is 4.60. The Bertz CT molecular complexity index is 651. The van der Waals surface area contributed by atoms with E-state index >= 15 is 0 Å². The summed E-state index contributed by atoms with van der Waals surface area (Å²) in [5, 5.41) is 13.1. The minimum absolute atomic E-state index is 0.125. The highest BCUT2D eigenvalue weighted by atomic mass is 32.1. The number of ketones is 1. The van der Waals surface area contributed by atoms with E-state index in [4.69, 9.17) is 4.74 Å². The number of aromatic nitrogens is 1. The van der Waals surface area contributed by atoms with E-state index < -0.39 is 4.92 Å². The van der Waals surface area contributed by atoms with Crippen LogP contribution in [-0.2, 0) is 0 Å². The van der Waals surface area contributed by atoms with E-state index in [9.17, 15) is 14.9 Å². The number of ether oxygens (including phenoxy) is 1. The Hall–Kier alpha value is -2.28. The van der Waals surface area contributed by atoms with Crippen molar-refractivity contribution in [3.63, 3.8) is 0 Å². The fraction of sp³-hybridized carbons (Fsp3) is 0.167. The highest BCUT2D eigenvalue weighted by Gasteiger charge is 2.17. The van der Waals surface area contributed by atoms with E-state index in [1.807, 2.05) is 0 Å². The lowest BCUT2D eigenvalue weighted by Crippen LogP contribution is -1.94. The van der Waals surface area contributed by atoms with Crippen LogP contribution in [0.5, 0.6) is 5.75 Å². The number of rotatable bonds is 4. The van der Waals surface area contributed by atoms with Gasteiger partial charge in [0.1, 0.15) is 10.7 Å². The Labute approximate surface area is 112 Å². The Morgan fingerprint density at radius 3 is 2.74 bits per heavy atom. The molecule has 0 spiro atoms. The molecule has 2 aromatic rings. The fourth-order valence-corrected chi connectivity index (χ4v) is 2.39. The van der Waals surface area contributed by atoms with Gasteiger partial charge in [-0.15, -0.1) is 11.3 Å². The van der Waals surface area contributed by atoms with E-state index in [1.165, 1.54) is 37.5 Å². The molecule has 0 saturated heterocycles. The van der Waals surface area contributed by atoms with E-state index in [-0.39, 0.29) is 17.2 Å². The molecule has 1 heterocycles. The van der Waals surface area contributed by atoms with Gasteiger partial charge in [0, 0.05) is 23.9 Å². The molecule has 0 amide bonds. The first-order valence-electron chi connectivity index (χ1n) is 5.32. The lowest BCUT2D eigenvalue weighted by atomic mass is 10.2. The van der Waals surface area contributed by atoms with Crippen molar-refractivity contribution < 1.29 is 14.5 Å². The third-order valence-electron chi connectivity index (χ3n) is 2.49. The average molecular weight is 278 g/mol.